The van der Waals surface area contributed by atoms with Gasteiger partial charge in [-0.2, -0.15) is 0 Å². The van der Waals surface area contributed by atoms with Gasteiger partial charge in [0.1, 0.15) is 0 Å². The third-order valence-corrected chi connectivity index (χ3v) is 7.19. The molecule has 3 nitrogen and oxygen atoms in total. The van der Waals surface area contributed by atoms with Crippen molar-refractivity contribution in [2.24, 2.45) is 5.41 Å². The lowest BCUT2D eigenvalue weighted by Crippen LogP contribution is -2.49. The number of aliphatic hydroxyl groups excluding tert-OH is 1. The number of nitrogens with zero attached hydrogens (tertiary/aromatic N) is 1. The Balaban J connectivity index is 1.57. The Labute approximate surface area is 153 Å². The number of aliphatic hydroxyl groups is 1. The monoisotopic (exact) mass is 355 g/mol. The van der Waals surface area contributed by atoms with Gasteiger partial charge >= 0.3 is 0 Å². The molecule has 1 amide bonds. The molecule has 1 aromatic heterocycles. The molecular formula is C21H25NO2S. The Kier molecular flexibility index (Phi) is 4.42. The van der Waals surface area contributed by atoms with Crippen LogP contribution in [0.5, 0.6) is 0 Å². The summed E-state index contributed by atoms with van der Waals surface area (Å²) in [5, 5.41) is 10.4. The van der Waals surface area contributed by atoms with Crippen LogP contribution in [0.4, 0.5) is 0 Å². The van der Waals surface area contributed by atoms with Gasteiger partial charge in [0.2, 0.25) is 0 Å². The van der Waals surface area contributed by atoms with Crippen LogP contribution in [0.2, 0.25) is 0 Å². The van der Waals surface area contributed by atoms with Gasteiger partial charge in [-0.25, -0.2) is 0 Å². The standard InChI is InChI=1S/C21H25NO2S/c1-15-13-17(25-19(15)16-7-3-2-4-8-16)20(24)22-12-6-11-21(14-22)10-5-9-18(21)23/h2-4,7-8,13,18,23H,5-6,9-12,14H2,1H3/t18-,21-/m1/s1. The molecule has 0 unspecified atom stereocenters. The van der Waals surface area contributed by atoms with E-state index in [1.165, 1.54) is 10.4 Å². The van der Waals surface area contributed by atoms with E-state index in [9.17, 15) is 9.90 Å². The first-order chi connectivity index (χ1) is 12.1. The van der Waals surface area contributed by atoms with Crippen LogP contribution in [0.15, 0.2) is 36.4 Å². The summed E-state index contributed by atoms with van der Waals surface area (Å²) >= 11 is 1.59. The van der Waals surface area contributed by atoms with Gasteiger partial charge in [0.15, 0.2) is 0 Å². The number of rotatable bonds is 2. The van der Waals surface area contributed by atoms with E-state index >= 15 is 0 Å². The summed E-state index contributed by atoms with van der Waals surface area (Å²) in [6, 6.07) is 12.3. The van der Waals surface area contributed by atoms with E-state index in [2.05, 4.69) is 19.1 Å². The van der Waals surface area contributed by atoms with E-state index in [-0.39, 0.29) is 17.4 Å². The minimum atomic E-state index is -0.243. The van der Waals surface area contributed by atoms with E-state index in [0.29, 0.717) is 6.54 Å². The highest BCUT2D eigenvalue weighted by Crippen LogP contribution is 2.45. The van der Waals surface area contributed by atoms with Crippen LogP contribution in [0.1, 0.15) is 47.3 Å². The van der Waals surface area contributed by atoms with Crippen LogP contribution in [0.3, 0.4) is 0 Å². The topological polar surface area (TPSA) is 40.5 Å². The molecular weight excluding hydrogens is 330 g/mol. The highest BCUT2D eigenvalue weighted by atomic mass is 32.1. The first-order valence-electron chi connectivity index (χ1n) is 9.22. The van der Waals surface area contributed by atoms with E-state index in [1.54, 1.807) is 11.3 Å². The van der Waals surface area contributed by atoms with E-state index in [4.69, 9.17) is 0 Å². The molecule has 132 valence electrons. The lowest BCUT2D eigenvalue weighted by Gasteiger charge is -2.42. The molecule has 4 heteroatoms. The van der Waals surface area contributed by atoms with Crippen molar-refractivity contribution in [3.05, 3.63) is 46.8 Å². The summed E-state index contributed by atoms with van der Waals surface area (Å²) in [6.07, 6.45) is 4.83. The number of likely N-dealkylation sites (tertiary alicyclic amines) is 1. The van der Waals surface area contributed by atoms with Gasteiger partial charge in [-0.3, -0.25) is 4.79 Å². The predicted octanol–water partition coefficient (Wildman–Crippen LogP) is 4.49. The smallest absolute Gasteiger partial charge is 0.263 e. The van der Waals surface area contributed by atoms with Crippen molar-refractivity contribution >= 4 is 17.2 Å². The maximum Gasteiger partial charge on any atom is 0.263 e. The Morgan fingerprint density at radius 1 is 1.24 bits per heavy atom. The minimum absolute atomic E-state index is 0.0531. The summed E-state index contributed by atoms with van der Waals surface area (Å²) in [5.41, 5.74) is 2.28. The Morgan fingerprint density at radius 3 is 2.72 bits per heavy atom. The molecule has 0 radical (unpaired) electrons. The second-order valence-corrected chi connectivity index (χ2v) is 8.64. The third-order valence-electron chi connectivity index (χ3n) is 5.92. The fourth-order valence-corrected chi connectivity index (χ4v) is 5.70. The van der Waals surface area contributed by atoms with Gasteiger partial charge in [-0.15, -0.1) is 11.3 Å². The zero-order chi connectivity index (χ0) is 17.4. The SMILES string of the molecule is Cc1cc(C(=O)N2CCC[C@]3(CCC[C@H]3O)C2)sc1-c1ccccc1. The van der Waals surface area contributed by atoms with Crippen molar-refractivity contribution in [2.75, 3.05) is 13.1 Å². The maximum atomic E-state index is 13.1. The number of aryl methyl sites for hydroxylation is 1. The highest BCUT2D eigenvalue weighted by Gasteiger charge is 2.45. The normalized spacial score (nSPS) is 26.3. The van der Waals surface area contributed by atoms with E-state index < -0.39 is 0 Å². The van der Waals surface area contributed by atoms with E-state index in [0.717, 1.165) is 49.1 Å². The lowest BCUT2D eigenvalue weighted by molar-refractivity contribution is -0.00519. The first kappa shape index (κ1) is 16.8. The number of carbonyl (C=O) groups excluding carboxylic acids is 1. The van der Waals surface area contributed by atoms with Gasteiger partial charge in [0, 0.05) is 23.4 Å². The van der Waals surface area contributed by atoms with Gasteiger partial charge in [0.25, 0.3) is 5.91 Å². The number of carbonyl (C=O) groups is 1. The molecule has 1 aliphatic carbocycles. The Bertz CT molecular complexity index is 769. The predicted molar refractivity (Wildman–Crippen MR) is 102 cm³/mol. The molecule has 1 saturated carbocycles. The number of amides is 1. The van der Waals surface area contributed by atoms with Crippen LogP contribution in [0, 0.1) is 12.3 Å². The largest absolute Gasteiger partial charge is 0.392 e. The number of thiophene rings is 1. The zero-order valence-corrected chi connectivity index (χ0v) is 15.5. The molecule has 0 bridgehead atoms. The van der Waals surface area contributed by atoms with Crippen molar-refractivity contribution in [3.63, 3.8) is 0 Å². The average Bonchev–Trinajstić information content (AvgIpc) is 3.19. The average molecular weight is 356 g/mol. The van der Waals surface area contributed by atoms with Crippen LogP contribution in [-0.2, 0) is 0 Å². The number of hydrogen-bond donors (Lipinski definition) is 1. The van der Waals surface area contributed by atoms with E-state index in [1.807, 2.05) is 29.2 Å². The van der Waals surface area contributed by atoms with Crippen molar-refractivity contribution in [2.45, 2.75) is 45.1 Å². The summed E-state index contributed by atoms with van der Waals surface area (Å²) in [5.74, 6) is 0.133. The molecule has 2 atom stereocenters. The van der Waals surface area contributed by atoms with Gasteiger partial charge in [-0.1, -0.05) is 36.8 Å². The summed E-state index contributed by atoms with van der Waals surface area (Å²) in [6.45, 7) is 3.60. The van der Waals surface area contributed by atoms with Crippen LogP contribution in [-0.4, -0.2) is 35.1 Å². The van der Waals surface area contributed by atoms with Gasteiger partial charge < -0.3 is 10.0 Å². The van der Waals surface area contributed by atoms with Crippen LogP contribution < -0.4 is 0 Å². The molecule has 1 saturated heterocycles. The van der Waals surface area contributed by atoms with Crippen molar-refractivity contribution in [3.8, 4) is 10.4 Å². The fraction of sp³-hybridized carbons (Fsp3) is 0.476. The molecule has 1 aromatic carbocycles. The van der Waals surface area contributed by atoms with Crippen molar-refractivity contribution in [1.29, 1.82) is 0 Å². The number of hydrogen-bond acceptors (Lipinski definition) is 3. The summed E-state index contributed by atoms with van der Waals surface area (Å²) in [4.78, 5) is 17.1. The number of piperidine rings is 1. The van der Waals surface area contributed by atoms with Crippen LogP contribution in [0.25, 0.3) is 10.4 Å². The van der Waals surface area contributed by atoms with Crippen molar-refractivity contribution in [1.82, 2.24) is 4.90 Å². The molecule has 2 heterocycles. The zero-order valence-electron chi connectivity index (χ0n) is 14.7. The van der Waals surface area contributed by atoms with Gasteiger partial charge in [-0.05, 0) is 49.8 Å². The number of benzene rings is 1. The third kappa shape index (κ3) is 3.02. The van der Waals surface area contributed by atoms with Crippen LogP contribution >= 0.6 is 11.3 Å². The second-order valence-electron chi connectivity index (χ2n) is 7.59. The summed E-state index contributed by atoms with van der Waals surface area (Å²) < 4.78 is 0. The molecule has 1 spiro atoms. The minimum Gasteiger partial charge on any atom is -0.392 e. The maximum absolute atomic E-state index is 13.1. The summed E-state index contributed by atoms with van der Waals surface area (Å²) in [7, 11) is 0. The highest BCUT2D eigenvalue weighted by molar-refractivity contribution is 7.17. The Morgan fingerprint density at radius 2 is 2.00 bits per heavy atom. The Hall–Kier alpha value is -1.65. The molecule has 1 aliphatic heterocycles. The second kappa shape index (κ2) is 6.58. The van der Waals surface area contributed by atoms with Gasteiger partial charge in [0.05, 0.1) is 11.0 Å². The molecule has 4 rings (SSSR count). The molecule has 2 aromatic rings. The van der Waals surface area contributed by atoms with Crippen molar-refractivity contribution < 1.29 is 9.90 Å². The molecule has 1 N–H and O–H groups in total. The first-order valence-corrected chi connectivity index (χ1v) is 10.0. The molecule has 2 fully saturated rings. The lowest BCUT2D eigenvalue weighted by atomic mass is 9.76. The fourth-order valence-electron chi connectivity index (χ4n) is 4.55. The quantitative estimate of drug-likeness (QED) is 0.862. The molecule has 25 heavy (non-hydrogen) atoms. The molecule has 2 aliphatic rings.